The van der Waals surface area contributed by atoms with Crippen molar-refractivity contribution in [1.29, 1.82) is 0 Å². The summed E-state index contributed by atoms with van der Waals surface area (Å²) in [4.78, 5) is 15.3. The smallest absolute Gasteiger partial charge is 0.356 e. The Hall–Kier alpha value is -2.08. The van der Waals surface area contributed by atoms with E-state index in [0.29, 0.717) is 23.6 Å². The van der Waals surface area contributed by atoms with Gasteiger partial charge in [0.25, 0.3) is 0 Å². The molecule has 1 unspecified atom stereocenters. The summed E-state index contributed by atoms with van der Waals surface area (Å²) in [5, 5.41) is 12.2. The zero-order valence-electron chi connectivity index (χ0n) is 10.3. The number of carboxylic acids is 1. The van der Waals surface area contributed by atoms with Gasteiger partial charge in [-0.1, -0.05) is 6.07 Å². The Morgan fingerprint density at radius 2 is 2.33 bits per heavy atom. The van der Waals surface area contributed by atoms with Gasteiger partial charge in [-0.25, -0.2) is 9.78 Å². The van der Waals surface area contributed by atoms with E-state index in [-0.39, 0.29) is 11.7 Å². The van der Waals surface area contributed by atoms with Crippen molar-refractivity contribution in [3.8, 4) is 0 Å². The molecule has 2 aromatic heterocycles. The topological polar surface area (TPSA) is 92.6 Å². The molecule has 0 radical (unpaired) electrons. The summed E-state index contributed by atoms with van der Waals surface area (Å²) in [5.74, 6) is 0.106. The number of nitrogens with zero attached hydrogens (tertiary/aromatic N) is 2. The van der Waals surface area contributed by atoms with Gasteiger partial charge in [0.15, 0.2) is 5.69 Å². The average Bonchev–Trinajstić information content (AvgIpc) is 2.69. The lowest BCUT2D eigenvalue weighted by molar-refractivity contribution is 0.0693. The number of rotatable bonds is 4. The fourth-order valence-corrected chi connectivity index (χ4v) is 1.91. The Bertz CT molecular complexity index is 591. The molecular formula is C12H16N4O2. The molecule has 2 aromatic rings. The van der Waals surface area contributed by atoms with Gasteiger partial charge in [0.1, 0.15) is 11.6 Å². The Labute approximate surface area is 104 Å². The minimum absolute atomic E-state index is 0.0422. The van der Waals surface area contributed by atoms with Crippen LogP contribution in [-0.2, 0) is 6.42 Å². The van der Waals surface area contributed by atoms with Crippen LogP contribution in [0.1, 0.15) is 23.2 Å². The second-order valence-electron chi connectivity index (χ2n) is 4.25. The molecule has 0 spiro atoms. The molecule has 6 heteroatoms. The van der Waals surface area contributed by atoms with Crippen LogP contribution in [0.2, 0.25) is 0 Å². The van der Waals surface area contributed by atoms with Crippen LogP contribution in [0.4, 0.5) is 5.82 Å². The first kappa shape index (κ1) is 12.4. The number of aromatic nitrogens is 2. The number of nitrogen functional groups attached to an aromatic ring is 1. The van der Waals surface area contributed by atoms with Crippen LogP contribution in [0, 0.1) is 0 Å². The summed E-state index contributed by atoms with van der Waals surface area (Å²) in [6.45, 7) is 2.00. The largest absolute Gasteiger partial charge is 0.476 e. The number of nitrogens with one attached hydrogen (secondary N) is 1. The molecule has 2 heterocycles. The van der Waals surface area contributed by atoms with E-state index in [4.69, 9.17) is 10.8 Å². The van der Waals surface area contributed by atoms with Crippen molar-refractivity contribution in [2.24, 2.45) is 0 Å². The summed E-state index contributed by atoms with van der Waals surface area (Å²) in [6, 6.07) is 5.36. The number of carbonyl (C=O) groups is 1. The number of likely N-dealkylation sites (N-methyl/N-ethyl adjacent to an activating group) is 1. The van der Waals surface area contributed by atoms with E-state index in [2.05, 4.69) is 10.3 Å². The molecule has 0 aliphatic heterocycles. The summed E-state index contributed by atoms with van der Waals surface area (Å²) in [7, 11) is 1.85. The second-order valence-corrected chi connectivity index (χ2v) is 4.25. The minimum Gasteiger partial charge on any atom is -0.476 e. The number of nitrogens with two attached hydrogens (primary N) is 1. The van der Waals surface area contributed by atoms with E-state index >= 15 is 0 Å². The number of imidazole rings is 1. The fraction of sp³-hybridized carbons (Fsp3) is 0.333. The fourth-order valence-electron chi connectivity index (χ4n) is 1.91. The van der Waals surface area contributed by atoms with Crippen LogP contribution in [-0.4, -0.2) is 33.6 Å². The Kier molecular flexibility index (Phi) is 3.20. The zero-order chi connectivity index (χ0) is 13.3. The van der Waals surface area contributed by atoms with Crippen molar-refractivity contribution in [3.63, 3.8) is 0 Å². The maximum atomic E-state index is 11.2. The molecule has 2 rings (SSSR count). The second kappa shape index (κ2) is 4.66. The molecule has 96 valence electrons. The molecular weight excluding hydrogens is 232 g/mol. The molecule has 0 saturated carbocycles. The normalized spacial score (nSPS) is 12.8. The van der Waals surface area contributed by atoms with Crippen molar-refractivity contribution in [1.82, 2.24) is 14.7 Å². The SMILES string of the molecule is CNC(C)Cc1nc(C(=O)O)c2cccc(N)n12. The number of pyridine rings is 1. The number of carboxylic acid groups (broad SMARTS) is 1. The first-order valence-corrected chi connectivity index (χ1v) is 5.71. The lowest BCUT2D eigenvalue weighted by Gasteiger charge is -2.09. The van der Waals surface area contributed by atoms with Gasteiger partial charge in [-0.05, 0) is 26.1 Å². The lowest BCUT2D eigenvalue weighted by Crippen LogP contribution is -2.24. The van der Waals surface area contributed by atoms with Gasteiger partial charge in [0.05, 0.1) is 5.52 Å². The molecule has 0 saturated heterocycles. The van der Waals surface area contributed by atoms with Gasteiger partial charge in [-0.15, -0.1) is 0 Å². The lowest BCUT2D eigenvalue weighted by atomic mass is 10.2. The summed E-state index contributed by atoms with van der Waals surface area (Å²) in [5.41, 5.74) is 6.47. The Balaban J connectivity index is 2.62. The van der Waals surface area contributed by atoms with Crippen LogP contribution in [0.3, 0.4) is 0 Å². The molecule has 1 atom stereocenters. The molecule has 0 aromatic carbocycles. The average molecular weight is 248 g/mol. The van der Waals surface area contributed by atoms with Crippen molar-refractivity contribution in [2.45, 2.75) is 19.4 Å². The third-order valence-electron chi connectivity index (χ3n) is 2.95. The zero-order valence-corrected chi connectivity index (χ0v) is 10.3. The van der Waals surface area contributed by atoms with Gasteiger partial charge >= 0.3 is 5.97 Å². The van der Waals surface area contributed by atoms with Crippen molar-refractivity contribution >= 4 is 17.3 Å². The van der Waals surface area contributed by atoms with Gasteiger partial charge in [-0.3, -0.25) is 4.40 Å². The van der Waals surface area contributed by atoms with Crippen LogP contribution >= 0.6 is 0 Å². The third-order valence-corrected chi connectivity index (χ3v) is 2.95. The number of hydrogen-bond donors (Lipinski definition) is 3. The number of fused-ring (bicyclic) bond motifs is 1. The number of anilines is 1. The van der Waals surface area contributed by atoms with Crippen molar-refractivity contribution < 1.29 is 9.90 Å². The molecule has 0 aliphatic carbocycles. The number of aromatic carboxylic acids is 1. The maximum Gasteiger partial charge on any atom is 0.356 e. The van der Waals surface area contributed by atoms with E-state index in [1.807, 2.05) is 14.0 Å². The molecule has 0 bridgehead atoms. The van der Waals surface area contributed by atoms with E-state index < -0.39 is 5.97 Å². The Morgan fingerprint density at radius 1 is 1.61 bits per heavy atom. The van der Waals surface area contributed by atoms with E-state index in [1.54, 1.807) is 22.6 Å². The molecule has 4 N–H and O–H groups in total. The van der Waals surface area contributed by atoms with Crippen LogP contribution in [0.15, 0.2) is 18.2 Å². The standard InChI is InChI=1S/C12H16N4O2/c1-7(14-2)6-10-15-11(12(17)18)8-4-3-5-9(13)16(8)10/h3-5,7,14H,6,13H2,1-2H3,(H,17,18). The quantitative estimate of drug-likeness (QED) is 0.743. The summed E-state index contributed by atoms with van der Waals surface area (Å²) in [6.07, 6.45) is 0.610. The van der Waals surface area contributed by atoms with Gasteiger partial charge in [0, 0.05) is 12.5 Å². The third kappa shape index (κ3) is 2.02. The molecule has 0 aliphatic rings. The van der Waals surface area contributed by atoms with Crippen LogP contribution in [0.25, 0.3) is 5.52 Å². The van der Waals surface area contributed by atoms with E-state index in [1.165, 1.54) is 0 Å². The first-order valence-electron chi connectivity index (χ1n) is 5.71. The van der Waals surface area contributed by atoms with Gasteiger partial charge < -0.3 is 16.2 Å². The highest BCUT2D eigenvalue weighted by Crippen LogP contribution is 2.18. The molecule has 0 fully saturated rings. The van der Waals surface area contributed by atoms with Crippen molar-refractivity contribution in [3.05, 3.63) is 29.7 Å². The van der Waals surface area contributed by atoms with E-state index in [0.717, 1.165) is 0 Å². The van der Waals surface area contributed by atoms with Crippen molar-refractivity contribution in [2.75, 3.05) is 12.8 Å². The highest BCUT2D eigenvalue weighted by molar-refractivity contribution is 5.94. The maximum absolute atomic E-state index is 11.2. The highest BCUT2D eigenvalue weighted by atomic mass is 16.4. The summed E-state index contributed by atoms with van der Waals surface area (Å²) < 4.78 is 1.69. The summed E-state index contributed by atoms with van der Waals surface area (Å²) >= 11 is 0. The highest BCUT2D eigenvalue weighted by Gasteiger charge is 2.18. The first-order chi connectivity index (χ1) is 8.54. The Morgan fingerprint density at radius 3 is 2.94 bits per heavy atom. The predicted molar refractivity (Wildman–Crippen MR) is 68.8 cm³/mol. The number of hydrogen-bond acceptors (Lipinski definition) is 4. The molecule has 0 amide bonds. The monoisotopic (exact) mass is 248 g/mol. The minimum atomic E-state index is -1.04. The van der Waals surface area contributed by atoms with Gasteiger partial charge in [-0.2, -0.15) is 0 Å². The molecule has 18 heavy (non-hydrogen) atoms. The predicted octanol–water partition coefficient (Wildman–Crippen LogP) is 0.765. The van der Waals surface area contributed by atoms with E-state index in [9.17, 15) is 4.79 Å². The van der Waals surface area contributed by atoms with Crippen LogP contribution < -0.4 is 11.1 Å². The van der Waals surface area contributed by atoms with Crippen LogP contribution in [0.5, 0.6) is 0 Å². The van der Waals surface area contributed by atoms with Gasteiger partial charge in [0.2, 0.25) is 0 Å². The molecule has 6 nitrogen and oxygen atoms in total.